The van der Waals surface area contributed by atoms with E-state index in [4.69, 9.17) is 0 Å². The predicted octanol–water partition coefficient (Wildman–Crippen LogP) is 3.21. The summed E-state index contributed by atoms with van der Waals surface area (Å²) in [6.45, 7) is -0.646. The molecule has 0 aliphatic heterocycles. The lowest BCUT2D eigenvalue weighted by Gasteiger charge is -2.08. The van der Waals surface area contributed by atoms with Crippen molar-refractivity contribution >= 4 is 20.9 Å². The smallest absolute Gasteiger partial charge is 0.258 e. The second-order valence-electron chi connectivity index (χ2n) is 3.84. The van der Waals surface area contributed by atoms with Gasteiger partial charge in [-0.2, -0.15) is 21.6 Å². The molecule has 2 aromatic rings. The number of hydrogen-bond donors (Lipinski definition) is 0. The minimum Gasteiger partial charge on any atom is -0.258 e. The SMILES string of the molecule is O=S(=O)(OCc1ccc2ccccc2c1)C(F)(F)F. The molecule has 0 saturated carbocycles. The molecular weight excluding hydrogens is 281 g/mol. The highest BCUT2D eigenvalue weighted by Crippen LogP contribution is 2.26. The molecule has 0 atom stereocenters. The van der Waals surface area contributed by atoms with Gasteiger partial charge in [-0.05, 0) is 22.4 Å². The maximum atomic E-state index is 12.1. The fraction of sp³-hybridized carbons (Fsp3) is 0.167. The van der Waals surface area contributed by atoms with Gasteiger partial charge < -0.3 is 0 Å². The molecule has 0 bridgehead atoms. The van der Waals surface area contributed by atoms with E-state index in [9.17, 15) is 21.6 Å². The van der Waals surface area contributed by atoms with Gasteiger partial charge in [-0.3, -0.25) is 4.18 Å². The van der Waals surface area contributed by atoms with E-state index >= 15 is 0 Å². The second kappa shape index (κ2) is 4.82. The molecule has 0 amide bonds. The Morgan fingerprint density at radius 2 is 1.63 bits per heavy atom. The van der Waals surface area contributed by atoms with Gasteiger partial charge in [0, 0.05) is 0 Å². The van der Waals surface area contributed by atoms with Crippen molar-refractivity contribution in [2.75, 3.05) is 0 Å². The van der Waals surface area contributed by atoms with Crippen LogP contribution in [0.25, 0.3) is 10.8 Å². The van der Waals surface area contributed by atoms with Crippen LogP contribution in [0, 0.1) is 0 Å². The minimum atomic E-state index is -5.55. The first-order valence-corrected chi connectivity index (χ1v) is 6.64. The van der Waals surface area contributed by atoms with Crippen molar-refractivity contribution in [1.29, 1.82) is 0 Å². The molecule has 7 heteroatoms. The number of fused-ring (bicyclic) bond motifs is 1. The van der Waals surface area contributed by atoms with Crippen molar-refractivity contribution in [2.24, 2.45) is 0 Å². The molecule has 0 aliphatic carbocycles. The lowest BCUT2D eigenvalue weighted by Crippen LogP contribution is -2.25. The molecule has 0 aromatic heterocycles. The molecule has 2 aromatic carbocycles. The second-order valence-corrected chi connectivity index (χ2v) is 5.45. The number of benzene rings is 2. The third-order valence-corrected chi connectivity index (χ3v) is 3.47. The monoisotopic (exact) mass is 290 g/mol. The van der Waals surface area contributed by atoms with Gasteiger partial charge in [-0.1, -0.05) is 36.4 Å². The molecule has 0 unspecified atom stereocenters. The first-order valence-electron chi connectivity index (χ1n) is 5.23. The highest BCUT2D eigenvalue weighted by atomic mass is 32.2. The summed E-state index contributed by atoms with van der Waals surface area (Å²) < 4.78 is 61.7. The predicted molar refractivity (Wildman–Crippen MR) is 63.7 cm³/mol. The van der Waals surface area contributed by atoms with Crippen LogP contribution >= 0.6 is 0 Å². The van der Waals surface area contributed by atoms with Crippen molar-refractivity contribution in [3.05, 3.63) is 48.0 Å². The van der Waals surface area contributed by atoms with Gasteiger partial charge in [0.25, 0.3) is 0 Å². The minimum absolute atomic E-state index is 0.353. The van der Waals surface area contributed by atoms with Crippen LogP contribution in [0.15, 0.2) is 42.5 Å². The molecule has 19 heavy (non-hydrogen) atoms. The van der Waals surface area contributed by atoms with Gasteiger partial charge in [-0.25, -0.2) is 0 Å². The van der Waals surface area contributed by atoms with Gasteiger partial charge in [-0.15, -0.1) is 0 Å². The molecule has 0 aliphatic rings. The molecular formula is C12H9F3O3S. The van der Waals surface area contributed by atoms with Crippen LogP contribution in [0.1, 0.15) is 5.56 Å². The quantitative estimate of drug-likeness (QED) is 0.644. The maximum absolute atomic E-state index is 12.1. The van der Waals surface area contributed by atoms with Gasteiger partial charge >= 0.3 is 15.6 Å². The molecule has 0 N–H and O–H groups in total. The van der Waals surface area contributed by atoms with E-state index in [2.05, 4.69) is 4.18 Å². The Labute approximate surface area is 107 Å². The van der Waals surface area contributed by atoms with Crippen LogP contribution in [0.4, 0.5) is 13.2 Å². The Morgan fingerprint density at radius 1 is 1.00 bits per heavy atom. The van der Waals surface area contributed by atoms with E-state index in [1.807, 2.05) is 12.1 Å². The van der Waals surface area contributed by atoms with Crippen LogP contribution in [-0.2, 0) is 20.9 Å². The number of alkyl halides is 3. The van der Waals surface area contributed by atoms with Crippen LogP contribution in [0.2, 0.25) is 0 Å². The molecule has 3 nitrogen and oxygen atoms in total. The summed E-state index contributed by atoms with van der Waals surface area (Å²) in [5.41, 5.74) is -5.05. The van der Waals surface area contributed by atoms with E-state index in [0.29, 0.717) is 5.56 Å². The Kier molecular flexibility index (Phi) is 3.51. The zero-order valence-electron chi connectivity index (χ0n) is 9.52. The van der Waals surface area contributed by atoms with Crippen LogP contribution in [-0.4, -0.2) is 13.9 Å². The van der Waals surface area contributed by atoms with Crippen LogP contribution in [0.5, 0.6) is 0 Å². The zero-order chi connectivity index (χ0) is 14.1. The molecule has 2 rings (SSSR count). The molecule has 102 valence electrons. The Morgan fingerprint density at radius 3 is 2.26 bits per heavy atom. The molecule has 0 spiro atoms. The van der Waals surface area contributed by atoms with Gasteiger partial charge in [0.05, 0.1) is 6.61 Å². The van der Waals surface area contributed by atoms with Crippen molar-refractivity contribution in [3.63, 3.8) is 0 Å². The van der Waals surface area contributed by atoms with Crippen molar-refractivity contribution in [2.45, 2.75) is 12.1 Å². The highest BCUT2D eigenvalue weighted by molar-refractivity contribution is 7.87. The zero-order valence-corrected chi connectivity index (χ0v) is 10.3. The molecule has 0 heterocycles. The topological polar surface area (TPSA) is 43.4 Å². The molecule has 0 fully saturated rings. The number of rotatable bonds is 3. The summed E-state index contributed by atoms with van der Waals surface area (Å²) >= 11 is 0. The first-order chi connectivity index (χ1) is 8.79. The van der Waals surface area contributed by atoms with E-state index in [0.717, 1.165) is 10.8 Å². The fourth-order valence-electron chi connectivity index (χ4n) is 1.54. The average Bonchev–Trinajstić information content (AvgIpc) is 2.35. The van der Waals surface area contributed by atoms with Crippen LogP contribution < -0.4 is 0 Å². The Bertz CT molecular complexity index is 693. The normalized spacial score (nSPS) is 12.8. The third-order valence-electron chi connectivity index (χ3n) is 2.48. The van der Waals surface area contributed by atoms with Gasteiger partial charge in [0.15, 0.2) is 0 Å². The van der Waals surface area contributed by atoms with E-state index in [1.165, 1.54) is 6.07 Å². The number of hydrogen-bond acceptors (Lipinski definition) is 3. The summed E-state index contributed by atoms with van der Waals surface area (Å²) in [6, 6.07) is 12.0. The van der Waals surface area contributed by atoms with E-state index in [-0.39, 0.29) is 0 Å². The Hall–Kier alpha value is -1.60. The Balaban J connectivity index is 2.19. The van der Waals surface area contributed by atoms with Gasteiger partial charge in [0.2, 0.25) is 0 Å². The molecule has 0 radical (unpaired) electrons. The lowest BCUT2D eigenvalue weighted by atomic mass is 10.1. The summed E-state index contributed by atoms with van der Waals surface area (Å²) in [6.07, 6.45) is 0. The fourth-order valence-corrected chi connectivity index (χ4v) is 1.97. The third kappa shape index (κ3) is 3.05. The summed E-state index contributed by atoms with van der Waals surface area (Å²) in [5, 5.41) is 1.71. The van der Waals surface area contributed by atoms with E-state index < -0.39 is 22.2 Å². The van der Waals surface area contributed by atoms with Crippen molar-refractivity contribution in [3.8, 4) is 0 Å². The van der Waals surface area contributed by atoms with Gasteiger partial charge in [0.1, 0.15) is 0 Å². The summed E-state index contributed by atoms with van der Waals surface area (Å²) in [5.74, 6) is 0. The summed E-state index contributed by atoms with van der Waals surface area (Å²) in [4.78, 5) is 0. The van der Waals surface area contributed by atoms with E-state index in [1.54, 1.807) is 24.3 Å². The molecule has 0 saturated heterocycles. The average molecular weight is 290 g/mol. The van der Waals surface area contributed by atoms with Crippen molar-refractivity contribution < 1.29 is 25.8 Å². The largest absolute Gasteiger partial charge is 0.523 e. The van der Waals surface area contributed by atoms with Crippen molar-refractivity contribution in [1.82, 2.24) is 0 Å². The maximum Gasteiger partial charge on any atom is 0.523 e. The number of halogens is 3. The lowest BCUT2D eigenvalue weighted by molar-refractivity contribution is -0.0547. The van der Waals surface area contributed by atoms with Crippen LogP contribution in [0.3, 0.4) is 0 Å². The highest BCUT2D eigenvalue weighted by Gasteiger charge is 2.47. The summed E-state index contributed by atoms with van der Waals surface area (Å²) in [7, 11) is -5.55. The first kappa shape index (κ1) is 13.8. The standard InChI is InChI=1S/C12H9F3O3S/c13-12(14,15)19(16,17)18-8-9-5-6-10-3-1-2-4-11(10)7-9/h1-7H,8H2.